The quantitative estimate of drug-likeness (QED) is 0.540. The smallest absolute Gasteiger partial charge is 0.229 e. The van der Waals surface area contributed by atoms with Gasteiger partial charge in [0.25, 0.3) is 0 Å². The van der Waals surface area contributed by atoms with Crippen LogP contribution in [0.4, 0.5) is 0 Å². The fraction of sp³-hybridized carbons (Fsp3) is 0.400. The Morgan fingerprint density at radius 1 is 1.07 bits per heavy atom. The molecule has 0 bridgehead atoms. The van der Waals surface area contributed by atoms with Gasteiger partial charge in [-0.05, 0) is 6.92 Å². The second-order valence-corrected chi connectivity index (χ2v) is 3.23. The van der Waals surface area contributed by atoms with Gasteiger partial charge in [-0.1, -0.05) is 0 Å². The third-order valence-electron chi connectivity index (χ3n) is 2.23. The van der Waals surface area contributed by atoms with Gasteiger partial charge >= 0.3 is 0 Å². The van der Waals surface area contributed by atoms with Crippen molar-refractivity contribution in [1.29, 1.82) is 0 Å². The van der Waals surface area contributed by atoms with Gasteiger partial charge in [0, 0.05) is 11.1 Å². The maximum Gasteiger partial charge on any atom is 0.229 e. The fourth-order valence-electron chi connectivity index (χ4n) is 1.35. The number of methoxy groups -OCH3 is 2. The molecule has 0 aromatic rings. The molecule has 4 nitrogen and oxygen atoms in total. The largest absolute Gasteiger partial charge is 0.489 e. The Hall–Kier alpha value is -1.29. The summed E-state index contributed by atoms with van der Waals surface area (Å²) in [5, 5.41) is 0. The summed E-state index contributed by atoms with van der Waals surface area (Å²) in [5.41, 5.74) is 0.576. The highest BCUT2D eigenvalue weighted by molar-refractivity contribution is 6.30. The second kappa shape index (κ2) is 4.49. The summed E-state index contributed by atoms with van der Waals surface area (Å²) in [7, 11) is 2.63. The van der Waals surface area contributed by atoms with E-state index in [2.05, 4.69) is 0 Å². The number of rotatable bonds is 3. The molecule has 1 rings (SSSR count). The van der Waals surface area contributed by atoms with Gasteiger partial charge in [-0.25, -0.2) is 0 Å². The number of ether oxygens (including phenoxy) is 2. The molecule has 0 spiro atoms. The molecule has 0 saturated carbocycles. The van der Waals surface area contributed by atoms with Crippen LogP contribution in [0.25, 0.3) is 0 Å². The predicted molar refractivity (Wildman–Crippen MR) is 54.5 cm³/mol. The van der Waals surface area contributed by atoms with Crippen molar-refractivity contribution in [2.24, 2.45) is 0 Å². The summed E-state index contributed by atoms with van der Waals surface area (Å²) in [6, 6.07) is 0. The van der Waals surface area contributed by atoms with Gasteiger partial charge in [0.15, 0.2) is 0 Å². The first-order valence-corrected chi connectivity index (χ1v) is 4.79. The van der Waals surface area contributed by atoms with E-state index in [-0.39, 0.29) is 34.5 Å². The zero-order valence-electron chi connectivity index (χ0n) is 8.72. The molecule has 0 N–H and O–H groups in total. The topological polar surface area (TPSA) is 52.6 Å². The van der Waals surface area contributed by atoms with E-state index in [1.54, 1.807) is 6.92 Å². The zero-order chi connectivity index (χ0) is 11.6. The van der Waals surface area contributed by atoms with Crippen molar-refractivity contribution in [3.63, 3.8) is 0 Å². The first-order chi connectivity index (χ1) is 7.08. The molecule has 0 aromatic heterocycles. The van der Waals surface area contributed by atoms with Crippen LogP contribution in [0.15, 0.2) is 22.7 Å². The first-order valence-electron chi connectivity index (χ1n) is 4.25. The molecule has 0 amide bonds. The van der Waals surface area contributed by atoms with E-state index in [0.717, 1.165) is 0 Å². The third kappa shape index (κ3) is 1.77. The van der Waals surface area contributed by atoms with Crippen LogP contribution in [0.2, 0.25) is 0 Å². The molecule has 0 radical (unpaired) electrons. The molecule has 82 valence electrons. The van der Waals surface area contributed by atoms with Gasteiger partial charge in [0.1, 0.15) is 0 Å². The van der Waals surface area contributed by atoms with Crippen molar-refractivity contribution in [2.45, 2.75) is 6.92 Å². The summed E-state index contributed by atoms with van der Waals surface area (Å²) < 4.78 is 9.70. The number of ketones is 2. The van der Waals surface area contributed by atoms with E-state index in [1.807, 2.05) is 0 Å². The molecule has 15 heavy (non-hydrogen) atoms. The van der Waals surface area contributed by atoms with Crippen molar-refractivity contribution in [3.05, 3.63) is 22.7 Å². The Morgan fingerprint density at radius 3 is 1.93 bits per heavy atom. The maximum absolute atomic E-state index is 11.8. The highest BCUT2D eigenvalue weighted by Gasteiger charge is 2.33. The Balaban J connectivity index is 3.31. The molecule has 0 aromatic carbocycles. The third-order valence-corrected chi connectivity index (χ3v) is 2.50. The number of hydrogen-bond acceptors (Lipinski definition) is 4. The van der Waals surface area contributed by atoms with Gasteiger partial charge in [0.2, 0.25) is 23.1 Å². The van der Waals surface area contributed by atoms with E-state index in [4.69, 9.17) is 21.1 Å². The van der Waals surface area contributed by atoms with Gasteiger partial charge in [-0.15, -0.1) is 11.6 Å². The fourth-order valence-corrected chi connectivity index (χ4v) is 1.67. The molecule has 0 heterocycles. The minimum atomic E-state index is -0.388. The Bertz CT molecular complexity index is 379. The molecular weight excluding hydrogens is 220 g/mol. The number of alkyl halides is 1. The Kier molecular flexibility index (Phi) is 3.52. The standard InChI is InChI=1S/C10H11ClO4/c1-5-6(4-11)8(13)10(15-3)9(14-2)7(5)12/h4H2,1-3H3. The van der Waals surface area contributed by atoms with Gasteiger partial charge in [-0.3, -0.25) is 9.59 Å². The van der Waals surface area contributed by atoms with Crippen LogP contribution in [0.3, 0.4) is 0 Å². The van der Waals surface area contributed by atoms with Crippen molar-refractivity contribution in [3.8, 4) is 0 Å². The lowest BCUT2D eigenvalue weighted by atomic mass is 9.94. The molecule has 0 atom stereocenters. The van der Waals surface area contributed by atoms with Crippen molar-refractivity contribution >= 4 is 23.2 Å². The SMILES string of the molecule is COC1=C(OC)C(=O)C(CCl)=C(C)C1=O. The summed E-state index contributed by atoms with van der Waals surface area (Å²) >= 11 is 5.60. The predicted octanol–water partition coefficient (Wildman–Crippen LogP) is 1.20. The van der Waals surface area contributed by atoms with Gasteiger partial charge in [-0.2, -0.15) is 0 Å². The lowest BCUT2D eigenvalue weighted by molar-refractivity contribution is -0.121. The molecule has 0 saturated heterocycles. The van der Waals surface area contributed by atoms with E-state index in [0.29, 0.717) is 5.57 Å². The zero-order valence-corrected chi connectivity index (χ0v) is 9.47. The van der Waals surface area contributed by atoms with E-state index >= 15 is 0 Å². The number of Topliss-reactive ketones (excluding diaryl/α,β-unsaturated/α-hetero) is 2. The second-order valence-electron chi connectivity index (χ2n) is 2.96. The van der Waals surface area contributed by atoms with Crippen LogP contribution < -0.4 is 0 Å². The molecule has 0 aliphatic heterocycles. The minimum Gasteiger partial charge on any atom is -0.489 e. The highest BCUT2D eigenvalue weighted by Crippen LogP contribution is 2.25. The van der Waals surface area contributed by atoms with E-state index in [1.165, 1.54) is 14.2 Å². The van der Waals surface area contributed by atoms with Crippen LogP contribution in [0, 0.1) is 0 Å². The number of hydrogen-bond donors (Lipinski definition) is 0. The van der Waals surface area contributed by atoms with Crippen LogP contribution in [0.1, 0.15) is 6.92 Å². The molecule has 5 heteroatoms. The lowest BCUT2D eigenvalue weighted by Gasteiger charge is -2.18. The molecule has 1 aliphatic rings. The average Bonchev–Trinajstić information content (AvgIpc) is 2.23. The van der Waals surface area contributed by atoms with Crippen molar-refractivity contribution < 1.29 is 19.1 Å². The number of carbonyl (C=O) groups excluding carboxylic acids is 2. The average molecular weight is 231 g/mol. The van der Waals surface area contributed by atoms with E-state index in [9.17, 15) is 9.59 Å². The molecule has 0 unspecified atom stereocenters. The van der Waals surface area contributed by atoms with Crippen LogP contribution in [0.5, 0.6) is 0 Å². The molecule has 0 fully saturated rings. The number of carbonyl (C=O) groups is 2. The molecule has 1 aliphatic carbocycles. The van der Waals surface area contributed by atoms with Gasteiger partial charge in [0.05, 0.1) is 20.1 Å². The minimum absolute atomic E-state index is 0.0136. The van der Waals surface area contributed by atoms with E-state index < -0.39 is 0 Å². The van der Waals surface area contributed by atoms with Crippen LogP contribution in [-0.2, 0) is 19.1 Å². The van der Waals surface area contributed by atoms with Crippen molar-refractivity contribution in [2.75, 3.05) is 20.1 Å². The van der Waals surface area contributed by atoms with Crippen LogP contribution in [-0.4, -0.2) is 31.7 Å². The summed E-state index contributed by atoms with van der Waals surface area (Å²) in [6.07, 6.45) is 0. The molecular formula is C10H11ClO4. The Labute approximate surface area is 92.5 Å². The summed E-state index contributed by atoms with van der Waals surface area (Å²) in [6.45, 7) is 1.55. The highest BCUT2D eigenvalue weighted by atomic mass is 35.5. The van der Waals surface area contributed by atoms with Crippen molar-refractivity contribution in [1.82, 2.24) is 0 Å². The monoisotopic (exact) mass is 230 g/mol. The summed E-state index contributed by atoms with van der Waals surface area (Å²) in [4.78, 5) is 23.5. The normalized spacial score (nSPS) is 17.3. The van der Waals surface area contributed by atoms with Crippen LogP contribution >= 0.6 is 11.6 Å². The number of halogens is 1. The Morgan fingerprint density at radius 2 is 1.53 bits per heavy atom. The van der Waals surface area contributed by atoms with Gasteiger partial charge < -0.3 is 9.47 Å². The lowest BCUT2D eigenvalue weighted by Crippen LogP contribution is -2.25. The summed E-state index contributed by atoms with van der Waals surface area (Å²) in [5.74, 6) is -0.899. The maximum atomic E-state index is 11.8. The first kappa shape index (κ1) is 11.8. The number of allylic oxidation sites excluding steroid dienone is 2.